The lowest BCUT2D eigenvalue weighted by Crippen LogP contribution is -2.57. The van der Waals surface area contributed by atoms with Gasteiger partial charge in [-0.15, -0.1) is 0 Å². The van der Waals surface area contributed by atoms with Crippen molar-refractivity contribution in [1.29, 1.82) is 0 Å². The fourth-order valence-corrected chi connectivity index (χ4v) is 5.88. The smallest absolute Gasteiger partial charge is 0.137 e. The standard InChI is InChI=1S/C31H48NO2/c1-25-16-19-32(20-17-25,21-18-26-10-8-7-9-11-26)22-28(33)23-34-29-14-12-27(13-15-29)31(5,6)24-30(2,3)4/h7-15,25,28,33H,16-24H2,1-6H3/q+1/t25?,28-,32?/m1/s1. The molecule has 0 unspecified atom stereocenters. The molecule has 0 radical (unpaired) electrons. The Kier molecular flexibility index (Phi) is 8.87. The Morgan fingerprint density at radius 1 is 0.941 bits per heavy atom. The first-order chi connectivity index (χ1) is 16.0. The van der Waals surface area contributed by atoms with Crippen molar-refractivity contribution in [3.8, 4) is 5.75 Å². The molecule has 0 amide bonds. The van der Waals surface area contributed by atoms with Gasteiger partial charge in [-0.1, -0.05) is 84.0 Å². The summed E-state index contributed by atoms with van der Waals surface area (Å²) in [4.78, 5) is 0. The van der Waals surface area contributed by atoms with Crippen LogP contribution in [-0.2, 0) is 11.8 Å². The van der Waals surface area contributed by atoms with Gasteiger partial charge >= 0.3 is 0 Å². The average molecular weight is 467 g/mol. The highest BCUT2D eigenvalue weighted by atomic mass is 16.5. The third-order valence-electron chi connectivity index (χ3n) is 7.56. The monoisotopic (exact) mass is 466 g/mol. The Morgan fingerprint density at radius 2 is 1.56 bits per heavy atom. The Morgan fingerprint density at radius 3 is 2.15 bits per heavy atom. The Balaban J connectivity index is 1.56. The summed E-state index contributed by atoms with van der Waals surface area (Å²) in [5.74, 6) is 1.63. The molecule has 3 heteroatoms. The van der Waals surface area contributed by atoms with Gasteiger partial charge in [-0.3, -0.25) is 0 Å². The number of aliphatic hydroxyl groups is 1. The van der Waals surface area contributed by atoms with Gasteiger partial charge < -0.3 is 14.3 Å². The van der Waals surface area contributed by atoms with Crippen LogP contribution in [-0.4, -0.2) is 48.5 Å². The van der Waals surface area contributed by atoms with Crippen LogP contribution in [0.4, 0.5) is 0 Å². The zero-order valence-electron chi connectivity index (χ0n) is 22.5. The highest BCUT2D eigenvalue weighted by molar-refractivity contribution is 5.31. The zero-order valence-corrected chi connectivity index (χ0v) is 22.5. The van der Waals surface area contributed by atoms with Gasteiger partial charge in [0.05, 0.1) is 19.6 Å². The first-order valence-electron chi connectivity index (χ1n) is 13.3. The fourth-order valence-electron chi connectivity index (χ4n) is 5.88. The highest BCUT2D eigenvalue weighted by Gasteiger charge is 2.34. The van der Waals surface area contributed by atoms with Gasteiger partial charge in [0.25, 0.3) is 0 Å². The van der Waals surface area contributed by atoms with E-state index in [4.69, 9.17) is 4.74 Å². The largest absolute Gasteiger partial charge is 0.491 e. The van der Waals surface area contributed by atoms with Crippen LogP contribution in [0.1, 0.15) is 71.9 Å². The number of hydrogen-bond donors (Lipinski definition) is 1. The number of benzene rings is 2. The summed E-state index contributed by atoms with van der Waals surface area (Å²) in [6, 6.07) is 19.3. The van der Waals surface area contributed by atoms with E-state index in [0.29, 0.717) is 6.61 Å². The Hall–Kier alpha value is -1.84. The van der Waals surface area contributed by atoms with Crippen LogP contribution in [0, 0.1) is 11.3 Å². The van der Waals surface area contributed by atoms with Crippen molar-refractivity contribution in [3.05, 3.63) is 65.7 Å². The van der Waals surface area contributed by atoms with Crippen LogP contribution >= 0.6 is 0 Å². The van der Waals surface area contributed by atoms with E-state index < -0.39 is 6.10 Å². The third-order valence-corrected chi connectivity index (χ3v) is 7.56. The van der Waals surface area contributed by atoms with Crippen molar-refractivity contribution in [1.82, 2.24) is 0 Å². The number of aliphatic hydroxyl groups excluding tert-OH is 1. The molecule has 3 nitrogen and oxygen atoms in total. The lowest BCUT2D eigenvalue weighted by molar-refractivity contribution is -0.936. The minimum Gasteiger partial charge on any atom is -0.491 e. The molecule has 2 aromatic rings. The minimum atomic E-state index is -0.457. The van der Waals surface area contributed by atoms with E-state index in [1.54, 1.807) is 0 Å². The van der Waals surface area contributed by atoms with E-state index >= 15 is 0 Å². The maximum atomic E-state index is 11.0. The summed E-state index contributed by atoms with van der Waals surface area (Å²) >= 11 is 0. The molecule has 1 atom stereocenters. The van der Waals surface area contributed by atoms with Gasteiger partial charge in [0, 0.05) is 6.42 Å². The quantitative estimate of drug-likeness (QED) is 0.398. The number of ether oxygens (including phenoxy) is 1. The summed E-state index contributed by atoms with van der Waals surface area (Å²) in [6.45, 7) is 18.4. The predicted molar refractivity (Wildman–Crippen MR) is 143 cm³/mol. The lowest BCUT2D eigenvalue weighted by Gasteiger charge is -2.44. The normalized spacial score (nSPS) is 22.4. The van der Waals surface area contributed by atoms with E-state index in [9.17, 15) is 5.11 Å². The molecule has 34 heavy (non-hydrogen) atoms. The summed E-state index contributed by atoms with van der Waals surface area (Å²) in [5.41, 5.74) is 3.13. The number of likely N-dealkylation sites (tertiary alicyclic amines) is 1. The van der Waals surface area contributed by atoms with Gasteiger partial charge in [-0.25, -0.2) is 0 Å². The second kappa shape index (κ2) is 11.3. The topological polar surface area (TPSA) is 29.5 Å². The van der Waals surface area contributed by atoms with Crippen molar-refractivity contribution in [2.24, 2.45) is 11.3 Å². The number of quaternary nitrogens is 1. The zero-order chi connectivity index (χ0) is 24.8. The second-order valence-corrected chi connectivity index (χ2v) is 12.7. The van der Waals surface area contributed by atoms with Gasteiger partial charge in [-0.05, 0) is 59.3 Å². The molecule has 1 saturated heterocycles. The molecule has 1 aliphatic heterocycles. The predicted octanol–water partition coefficient (Wildman–Crippen LogP) is 6.63. The first-order valence-corrected chi connectivity index (χ1v) is 13.3. The van der Waals surface area contributed by atoms with Crippen molar-refractivity contribution in [2.45, 2.75) is 78.7 Å². The van der Waals surface area contributed by atoms with Crippen molar-refractivity contribution >= 4 is 0 Å². The fraction of sp³-hybridized carbons (Fsp3) is 0.613. The highest BCUT2D eigenvalue weighted by Crippen LogP contribution is 2.36. The van der Waals surface area contributed by atoms with Crippen molar-refractivity contribution in [3.63, 3.8) is 0 Å². The molecule has 3 rings (SSSR count). The molecule has 1 aliphatic rings. The molecule has 1 fully saturated rings. The van der Waals surface area contributed by atoms with E-state index in [-0.39, 0.29) is 10.8 Å². The van der Waals surface area contributed by atoms with E-state index in [2.05, 4.69) is 96.1 Å². The number of nitrogens with zero attached hydrogens (tertiary/aromatic N) is 1. The van der Waals surface area contributed by atoms with E-state index in [0.717, 1.165) is 55.2 Å². The molecule has 0 spiro atoms. The molecular formula is C31H48NO2+. The molecule has 0 bridgehead atoms. The van der Waals surface area contributed by atoms with Crippen LogP contribution < -0.4 is 4.74 Å². The average Bonchev–Trinajstić information content (AvgIpc) is 2.78. The molecule has 0 aromatic heterocycles. The molecule has 2 aromatic carbocycles. The van der Waals surface area contributed by atoms with Crippen molar-refractivity contribution in [2.75, 3.05) is 32.8 Å². The Bertz CT molecular complexity index is 859. The molecule has 0 saturated carbocycles. The number of hydrogen-bond acceptors (Lipinski definition) is 2. The molecule has 1 N–H and O–H groups in total. The second-order valence-electron chi connectivity index (χ2n) is 12.7. The van der Waals surface area contributed by atoms with Crippen LogP contribution in [0.2, 0.25) is 0 Å². The molecular weight excluding hydrogens is 418 g/mol. The van der Waals surface area contributed by atoms with Gasteiger partial charge in [0.1, 0.15) is 25.0 Å². The maximum Gasteiger partial charge on any atom is 0.137 e. The van der Waals surface area contributed by atoms with Crippen LogP contribution in [0.3, 0.4) is 0 Å². The van der Waals surface area contributed by atoms with Crippen LogP contribution in [0.5, 0.6) is 5.75 Å². The summed E-state index contributed by atoms with van der Waals surface area (Å²) in [7, 11) is 0. The van der Waals surface area contributed by atoms with E-state index in [1.165, 1.54) is 24.0 Å². The SMILES string of the molecule is CC1CC[N+](CCc2ccccc2)(C[C@@H](O)COc2ccc(C(C)(C)CC(C)(C)C)cc2)CC1. The van der Waals surface area contributed by atoms with E-state index in [1.807, 2.05) is 0 Å². The van der Waals surface area contributed by atoms with Crippen LogP contribution in [0.25, 0.3) is 0 Å². The lowest BCUT2D eigenvalue weighted by atomic mass is 9.72. The molecule has 188 valence electrons. The van der Waals surface area contributed by atoms with Gasteiger partial charge in [0.2, 0.25) is 0 Å². The minimum absolute atomic E-state index is 0.122. The molecule has 0 aliphatic carbocycles. The van der Waals surface area contributed by atoms with Gasteiger partial charge in [0.15, 0.2) is 0 Å². The molecule has 1 heterocycles. The number of piperidine rings is 1. The Labute approximate surface area is 208 Å². The summed E-state index contributed by atoms with van der Waals surface area (Å²) in [5, 5.41) is 11.0. The number of rotatable bonds is 10. The summed E-state index contributed by atoms with van der Waals surface area (Å²) in [6.07, 6.45) is 4.22. The first kappa shape index (κ1) is 26.8. The summed E-state index contributed by atoms with van der Waals surface area (Å²) < 4.78 is 7.05. The van der Waals surface area contributed by atoms with Crippen molar-refractivity contribution < 1.29 is 14.3 Å². The van der Waals surface area contributed by atoms with Gasteiger partial charge in [-0.2, -0.15) is 0 Å². The maximum absolute atomic E-state index is 11.0. The third kappa shape index (κ3) is 8.13. The van der Waals surface area contributed by atoms with Crippen LogP contribution in [0.15, 0.2) is 54.6 Å².